The molecule has 3 aromatic heterocycles. The summed E-state index contributed by atoms with van der Waals surface area (Å²) < 4.78 is 5.10. The molecule has 0 saturated heterocycles. The third kappa shape index (κ3) is 4.57. The molecule has 0 spiro atoms. The van der Waals surface area contributed by atoms with Gasteiger partial charge in [-0.15, -0.1) is 0 Å². The fourth-order valence-electron chi connectivity index (χ4n) is 2.33. The molecule has 0 fully saturated rings. The molecule has 0 bridgehead atoms. The van der Waals surface area contributed by atoms with Gasteiger partial charge in [-0.3, -0.25) is 9.78 Å². The van der Waals surface area contributed by atoms with Crippen molar-refractivity contribution in [2.75, 3.05) is 12.4 Å². The Morgan fingerprint density at radius 3 is 2.67 bits per heavy atom. The van der Waals surface area contributed by atoms with Gasteiger partial charge in [0.1, 0.15) is 28.4 Å². The van der Waals surface area contributed by atoms with Crippen LogP contribution in [0, 0.1) is 11.3 Å². The molecule has 27 heavy (non-hydrogen) atoms. The second kappa shape index (κ2) is 8.25. The summed E-state index contributed by atoms with van der Waals surface area (Å²) in [7, 11) is 1.49. The van der Waals surface area contributed by atoms with Gasteiger partial charge >= 0.3 is 0 Å². The van der Waals surface area contributed by atoms with Gasteiger partial charge in [0.05, 0.1) is 25.4 Å². The summed E-state index contributed by atoms with van der Waals surface area (Å²) in [5.41, 5.74) is 2.60. The molecule has 0 unspecified atom stereocenters. The third-order valence-electron chi connectivity index (χ3n) is 3.67. The molecular formula is C19H14ClN5O2. The maximum absolute atomic E-state index is 12.2. The second-order valence-electron chi connectivity index (χ2n) is 5.52. The van der Waals surface area contributed by atoms with Crippen molar-refractivity contribution in [3.05, 3.63) is 65.2 Å². The van der Waals surface area contributed by atoms with Gasteiger partial charge in [-0.1, -0.05) is 17.7 Å². The van der Waals surface area contributed by atoms with Crippen molar-refractivity contribution >= 4 is 23.3 Å². The summed E-state index contributed by atoms with van der Waals surface area (Å²) >= 11 is 5.92. The fourth-order valence-corrected chi connectivity index (χ4v) is 2.51. The number of ether oxygens (including phenoxy) is 1. The Balaban J connectivity index is 1.65. The van der Waals surface area contributed by atoms with Crippen LogP contribution in [0.4, 0.5) is 5.82 Å². The van der Waals surface area contributed by atoms with Crippen LogP contribution in [-0.4, -0.2) is 28.0 Å². The summed E-state index contributed by atoms with van der Waals surface area (Å²) in [5, 5.41) is 11.8. The van der Waals surface area contributed by atoms with Gasteiger partial charge in [-0.2, -0.15) is 5.26 Å². The molecule has 1 amide bonds. The van der Waals surface area contributed by atoms with Gasteiger partial charge in [0.2, 0.25) is 5.91 Å². The van der Waals surface area contributed by atoms with Crippen molar-refractivity contribution in [3.8, 4) is 23.1 Å². The number of methoxy groups -OCH3 is 1. The standard InChI is InChI=1S/C19H14ClN5O2/c1-27-17-7-18(24-11-15(17)20)25-19(26)6-12-2-5-16(23-9-12)13-3-4-14(8-21)22-10-13/h2-5,7,9-11H,6H2,1H3,(H,24,25,26). The van der Waals surface area contributed by atoms with Gasteiger partial charge < -0.3 is 10.1 Å². The lowest BCUT2D eigenvalue weighted by Gasteiger charge is -2.08. The summed E-state index contributed by atoms with van der Waals surface area (Å²) in [5.74, 6) is 0.556. The zero-order valence-electron chi connectivity index (χ0n) is 14.3. The van der Waals surface area contributed by atoms with E-state index in [0.717, 1.165) is 11.1 Å². The van der Waals surface area contributed by atoms with E-state index in [1.807, 2.05) is 12.1 Å². The number of nitrogens with one attached hydrogen (secondary N) is 1. The molecule has 0 saturated carbocycles. The highest BCUT2D eigenvalue weighted by molar-refractivity contribution is 6.32. The molecule has 0 aliphatic carbocycles. The van der Waals surface area contributed by atoms with Crippen molar-refractivity contribution in [3.63, 3.8) is 0 Å². The van der Waals surface area contributed by atoms with Crippen LogP contribution in [0.3, 0.4) is 0 Å². The van der Waals surface area contributed by atoms with Crippen molar-refractivity contribution < 1.29 is 9.53 Å². The summed E-state index contributed by atoms with van der Waals surface area (Å²) in [6.45, 7) is 0. The van der Waals surface area contributed by atoms with E-state index < -0.39 is 0 Å². The number of pyridine rings is 3. The number of halogens is 1. The van der Waals surface area contributed by atoms with Gasteiger partial charge in [0.15, 0.2) is 0 Å². The molecule has 1 N–H and O–H groups in total. The number of rotatable bonds is 5. The minimum atomic E-state index is -0.235. The van der Waals surface area contributed by atoms with Crippen LogP contribution in [0.15, 0.2) is 48.9 Å². The Hall–Kier alpha value is -3.50. The minimum Gasteiger partial charge on any atom is -0.495 e. The van der Waals surface area contributed by atoms with Crippen LogP contribution >= 0.6 is 11.6 Å². The number of amides is 1. The monoisotopic (exact) mass is 379 g/mol. The molecule has 3 heterocycles. The lowest BCUT2D eigenvalue weighted by atomic mass is 10.1. The Morgan fingerprint density at radius 2 is 2.04 bits per heavy atom. The number of anilines is 1. The SMILES string of the molecule is COc1cc(NC(=O)Cc2ccc(-c3ccc(C#N)nc3)nc2)ncc1Cl. The smallest absolute Gasteiger partial charge is 0.230 e. The second-order valence-corrected chi connectivity index (χ2v) is 5.93. The molecule has 8 heteroatoms. The number of carbonyl (C=O) groups excluding carboxylic acids is 1. The van der Waals surface area contributed by atoms with Crippen molar-refractivity contribution in [1.82, 2.24) is 15.0 Å². The Morgan fingerprint density at radius 1 is 1.19 bits per heavy atom. The van der Waals surface area contributed by atoms with Crippen LogP contribution in [0.25, 0.3) is 11.3 Å². The molecule has 0 radical (unpaired) electrons. The largest absolute Gasteiger partial charge is 0.495 e. The third-order valence-corrected chi connectivity index (χ3v) is 3.95. The molecule has 7 nitrogen and oxygen atoms in total. The fraction of sp³-hybridized carbons (Fsp3) is 0.105. The predicted octanol–water partition coefficient (Wildman–Crippen LogP) is 3.25. The van der Waals surface area contributed by atoms with Crippen LogP contribution in [-0.2, 0) is 11.2 Å². The molecule has 0 aromatic carbocycles. The van der Waals surface area contributed by atoms with Crippen molar-refractivity contribution in [1.29, 1.82) is 5.26 Å². The Bertz CT molecular complexity index is 998. The predicted molar refractivity (Wildman–Crippen MR) is 100 cm³/mol. The number of hydrogen-bond donors (Lipinski definition) is 1. The first-order valence-electron chi connectivity index (χ1n) is 7.90. The number of carbonyl (C=O) groups is 1. The molecule has 134 valence electrons. The summed E-state index contributed by atoms with van der Waals surface area (Å²) in [6.07, 6.45) is 4.78. The first kappa shape index (κ1) is 18.3. The first-order chi connectivity index (χ1) is 13.1. The number of hydrogen-bond acceptors (Lipinski definition) is 6. The van der Waals surface area contributed by atoms with Gasteiger partial charge in [-0.25, -0.2) is 9.97 Å². The van der Waals surface area contributed by atoms with E-state index >= 15 is 0 Å². The highest BCUT2D eigenvalue weighted by Gasteiger charge is 2.09. The maximum Gasteiger partial charge on any atom is 0.230 e. The normalized spacial score (nSPS) is 10.1. The highest BCUT2D eigenvalue weighted by Crippen LogP contribution is 2.25. The van der Waals surface area contributed by atoms with Crippen molar-refractivity contribution in [2.24, 2.45) is 0 Å². The average Bonchev–Trinajstić information content (AvgIpc) is 2.70. The molecule has 0 aliphatic heterocycles. The Kier molecular flexibility index (Phi) is 5.59. The van der Waals surface area contributed by atoms with E-state index in [2.05, 4.69) is 20.3 Å². The Labute approximate surface area is 160 Å². The number of nitriles is 1. The molecule has 0 aliphatic rings. The van der Waals surface area contributed by atoms with E-state index in [9.17, 15) is 4.79 Å². The molecule has 3 aromatic rings. The van der Waals surface area contributed by atoms with Crippen LogP contribution in [0.1, 0.15) is 11.3 Å². The van der Waals surface area contributed by atoms with E-state index in [4.69, 9.17) is 21.6 Å². The lowest BCUT2D eigenvalue weighted by molar-refractivity contribution is -0.115. The maximum atomic E-state index is 12.2. The first-order valence-corrected chi connectivity index (χ1v) is 8.27. The number of aromatic nitrogens is 3. The van der Waals surface area contributed by atoms with E-state index in [1.165, 1.54) is 13.3 Å². The van der Waals surface area contributed by atoms with E-state index in [1.54, 1.807) is 36.7 Å². The zero-order chi connectivity index (χ0) is 19.2. The summed E-state index contributed by atoms with van der Waals surface area (Å²) in [6, 6.07) is 10.5. The van der Waals surface area contributed by atoms with E-state index in [-0.39, 0.29) is 12.3 Å². The topological polar surface area (TPSA) is 101 Å². The lowest BCUT2D eigenvalue weighted by Crippen LogP contribution is -2.15. The minimum absolute atomic E-state index is 0.144. The van der Waals surface area contributed by atoms with Gasteiger partial charge in [-0.05, 0) is 23.8 Å². The van der Waals surface area contributed by atoms with Crippen LogP contribution in [0.5, 0.6) is 5.75 Å². The highest BCUT2D eigenvalue weighted by atomic mass is 35.5. The van der Waals surface area contributed by atoms with Gasteiger partial charge in [0.25, 0.3) is 0 Å². The van der Waals surface area contributed by atoms with Gasteiger partial charge in [0, 0.05) is 24.0 Å². The average molecular weight is 380 g/mol. The molecule has 3 rings (SSSR count). The van der Waals surface area contributed by atoms with Crippen LogP contribution < -0.4 is 10.1 Å². The molecule has 0 atom stereocenters. The van der Waals surface area contributed by atoms with Crippen LogP contribution in [0.2, 0.25) is 5.02 Å². The number of nitrogens with zero attached hydrogens (tertiary/aromatic N) is 4. The van der Waals surface area contributed by atoms with E-state index in [0.29, 0.717) is 28.0 Å². The summed E-state index contributed by atoms with van der Waals surface area (Å²) in [4.78, 5) is 24.6. The molecular weight excluding hydrogens is 366 g/mol. The quantitative estimate of drug-likeness (QED) is 0.730. The zero-order valence-corrected chi connectivity index (χ0v) is 15.1. The van der Waals surface area contributed by atoms with Crippen molar-refractivity contribution in [2.45, 2.75) is 6.42 Å².